The zero-order valence-corrected chi connectivity index (χ0v) is 13.5. The molecule has 0 spiro atoms. The van der Waals surface area contributed by atoms with E-state index in [1.165, 1.54) is 0 Å². The number of likely N-dealkylation sites (N-methyl/N-ethyl adjacent to an activating group) is 1. The Bertz CT molecular complexity index is 308. The van der Waals surface area contributed by atoms with Crippen LogP contribution in [-0.4, -0.2) is 53.2 Å². The van der Waals surface area contributed by atoms with Crippen LogP contribution in [0.3, 0.4) is 0 Å². The van der Waals surface area contributed by atoms with Crippen molar-refractivity contribution in [2.75, 3.05) is 26.2 Å². The van der Waals surface area contributed by atoms with Crippen molar-refractivity contribution >= 4 is 6.09 Å². The highest BCUT2D eigenvalue weighted by atomic mass is 16.6. The van der Waals surface area contributed by atoms with E-state index < -0.39 is 5.60 Å². The van der Waals surface area contributed by atoms with Crippen LogP contribution < -0.4 is 0 Å². The van der Waals surface area contributed by atoms with Gasteiger partial charge in [0, 0.05) is 18.6 Å². The van der Waals surface area contributed by atoms with Gasteiger partial charge in [-0.3, -0.25) is 4.90 Å². The predicted octanol–water partition coefficient (Wildman–Crippen LogP) is 3.12. The third-order valence-electron chi connectivity index (χ3n) is 3.85. The second kappa shape index (κ2) is 6.12. The van der Waals surface area contributed by atoms with E-state index >= 15 is 0 Å². The van der Waals surface area contributed by atoms with E-state index in [1.54, 1.807) is 0 Å². The van der Waals surface area contributed by atoms with E-state index in [-0.39, 0.29) is 11.6 Å². The Morgan fingerprint density at radius 3 is 2.37 bits per heavy atom. The molecular weight excluding hydrogens is 240 g/mol. The molecule has 0 N–H and O–H groups in total. The highest BCUT2D eigenvalue weighted by Gasteiger charge is 2.37. The summed E-state index contributed by atoms with van der Waals surface area (Å²) in [7, 11) is 0. The van der Waals surface area contributed by atoms with Gasteiger partial charge in [0.15, 0.2) is 0 Å². The molecule has 0 bridgehead atoms. The maximum Gasteiger partial charge on any atom is 0.410 e. The van der Waals surface area contributed by atoms with Crippen LogP contribution in [0.15, 0.2) is 0 Å². The molecule has 1 saturated heterocycles. The zero-order chi connectivity index (χ0) is 14.7. The molecule has 0 aromatic rings. The van der Waals surface area contributed by atoms with Crippen LogP contribution in [0.2, 0.25) is 0 Å². The Kier molecular flexibility index (Phi) is 5.25. The summed E-state index contributed by atoms with van der Waals surface area (Å²) in [6, 6.07) is 0. The van der Waals surface area contributed by atoms with Gasteiger partial charge in [-0.2, -0.15) is 0 Å². The fraction of sp³-hybridized carbons (Fsp3) is 0.933. The summed E-state index contributed by atoms with van der Waals surface area (Å²) in [6.07, 6.45) is 2.02. The predicted molar refractivity (Wildman–Crippen MR) is 78.4 cm³/mol. The van der Waals surface area contributed by atoms with E-state index in [2.05, 4.69) is 25.7 Å². The van der Waals surface area contributed by atoms with Gasteiger partial charge in [-0.15, -0.1) is 0 Å². The summed E-state index contributed by atoms with van der Waals surface area (Å²) in [5.74, 6) is 0. The van der Waals surface area contributed by atoms with Crippen molar-refractivity contribution in [2.45, 2.75) is 65.5 Å². The molecule has 0 aliphatic carbocycles. The minimum Gasteiger partial charge on any atom is -0.444 e. The number of nitrogens with zero attached hydrogens (tertiary/aromatic N) is 2. The fourth-order valence-electron chi connectivity index (χ4n) is 2.95. The topological polar surface area (TPSA) is 32.8 Å². The molecule has 0 radical (unpaired) electrons. The summed E-state index contributed by atoms with van der Waals surface area (Å²) in [4.78, 5) is 16.5. The maximum atomic E-state index is 12.2. The standard InChI is InChI=1S/C15H30N2O2/c1-7-17(8-2)15(6)10-9-11-16(12-15)13(18)19-14(3,4)5/h7-12H2,1-6H3. The number of piperidine rings is 1. The van der Waals surface area contributed by atoms with Gasteiger partial charge in [0.25, 0.3) is 0 Å². The van der Waals surface area contributed by atoms with Crippen LogP contribution in [-0.2, 0) is 4.74 Å². The van der Waals surface area contributed by atoms with E-state index in [1.807, 2.05) is 25.7 Å². The minimum absolute atomic E-state index is 0.0820. The SMILES string of the molecule is CCN(CC)C1(C)CCCN(C(=O)OC(C)(C)C)C1. The molecule has 0 saturated carbocycles. The van der Waals surface area contributed by atoms with Gasteiger partial charge in [-0.25, -0.2) is 4.79 Å². The van der Waals surface area contributed by atoms with E-state index in [0.29, 0.717) is 0 Å². The monoisotopic (exact) mass is 270 g/mol. The average molecular weight is 270 g/mol. The highest BCUT2D eigenvalue weighted by Crippen LogP contribution is 2.28. The largest absolute Gasteiger partial charge is 0.444 e. The normalized spacial score (nSPS) is 24.7. The van der Waals surface area contributed by atoms with Crippen LogP contribution in [0.1, 0.15) is 54.4 Å². The second-order valence-electron chi connectivity index (χ2n) is 6.67. The number of hydrogen-bond donors (Lipinski definition) is 0. The Morgan fingerprint density at radius 1 is 1.32 bits per heavy atom. The van der Waals surface area contributed by atoms with Crippen molar-refractivity contribution in [3.8, 4) is 0 Å². The molecule has 1 aliphatic heterocycles. The molecule has 1 atom stereocenters. The number of carbonyl (C=O) groups is 1. The summed E-state index contributed by atoms with van der Waals surface area (Å²) >= 11 is 0. The molecule has 0 aromatic heterocycles. The van der Waals surface area contributed by atoms with E-state index in [0.717, 1.165) is 39.0 Å². The van der Waals surface area contributed by atoms with E-state index in [4.69, 9.17) is 4.74 Å². The summed E-state index contributed by atoms with van der Waals surface area (Å²) in [5, 5.41) is 0. The lowest BCUT2D eigenvalue weighted by Gasteiger charge is -2.47. The highest BCUT2D eigenvalue weighted by molar-refractivity contribution is 5.68. The van der Waals surface area contributed by atoms with Gasteiger partial charge in [0.1, 0.15) is 5.60 Å². The van der Waals surface area contributed by atoms with Crippen molar-refractivity contribution in [3.63, 3.8) is 0 Å². The number of rotatable bonds is 3. The summed E-state index contributed by atoms with van der Waals surface area (Å²) in [5.41, 5.74) is -0.335. The zero-order valence-electron chi connectivity index (χ0n) is 13.5. The molecule has 4 nitrogen and oxygen atoms in total. The first-order chi connectivity index (χ1) is 8.72. The molecule has 4 heteroatoms. The molecule has 19 heavy (non-hydrogen) atoms. The summed E-state index contributed by atoms with van der Waals surface area (Å²) < 4.78 is 5.49. The number of amides is 1. The van der Waals surface area contributed by atoms with Crippen LogP contribution >= 0.6 is 0 Å². The van der Waals surface area contributed by atoms with Gasteiger partial charge in [0.05, 0.1) is 0 Å². The molecular formula is C15H30N2O2. The van der Waals surface area contributed by atoms with Crippen molar-refractivity contribution in [1.82, 2.24) is 9.80 Å². The first-order valence-corrected chi connectivity index (χ1v) is 7.45. The molecule has 1 aliphatic rings. The maximum absolute atomic E-state index is 12.2. The molecule has 0 aromatic carbocycles. The first kappa shape index (κ1) is 16.3. The van der Waals surface area contributed by atoms with Crippen LogP contribution in [0.4, 0.5) is 4.79 Å². The minimum atomic E-state index is -0.417. The van der Waals surface area contributed by atoms with Gasteiger partial charge in [0.2, 0.25) is 0 Å². The van der Waals surface area contributed by atoms with Crippen molar-refractivity contribution in [2.24, 2.45) is 0 Å². The van der Waals surface area contributed by atoms with Gasteiger partial charge >= 0.3 is 6.09 Å². The number of hydrogen-bond acceptors (Lipinski definition) is 3. The van der Waals surface area contributed by atoms with Crippen molar-refractivity contribution in [1.29, 1.82) is 0 Å². The lowest BCUT2D eigenvalue weighted by Crippen LogP contribution is -2.58. The summed E-state index contributed by atoms with van der Waals surface area (Å²) in [6.45, 7) is 16.0. The molecule has 1 fully saturated rings. The smallest absolute Gasteiger partial charge is 0.410 e. The Labute approximate surface area is 118 Å². The lowest BCUT2D eigenvalue weighted by atomic mass is 9.89. The third kappa shape index (κ3) is 4.37. The average Bonchev–Trinajstić information content (AvgIpc) is 2.28. The molecule has 112 valence electrons. The molecule has 1 unspecified atom stereocenters. The van der Waals surface area contributed by atoms with Gasteiger partial charge < -0.3 is 9.64 Å². The van der Waals surface area contributed by atoms with Gasteiger partial charge in [-0.1, -0.05) is 13.8 Å². The van der Waals surface area contributed by atoms with Crippen molar-refractivity contribution < 1.29 is 9.53 Å². The third-order valence-corrected chi connectivity index (χ3v) is 3.85. The van der Waals surface area contributed by atoms with Crippen LogP contribution in [0.5, 0.6) is 0 Å². The van der Waals surface area contributed by atoms with E-state index in [9.17, 15) is 4.79 Å². The second-order valence-corrected chi connectivity index (χ2v) is 6.67. The first-order valence-electron chi connectivity index (χ1n) is 7.45. The fourth-order valence-corrected chi connectivity index (χ4v) is 2.95. The van der Waals surface area contributed by atoms with Crippen molar-refractivity contribution in [3.05, 3.63) is 0 Å². The Morgan fingerprint density at radius 2 is 1.89 bits per heavy atom. The Balaban J connectivity index is 2.71. The molecule has 1 rings (SSSR count). The van der Waals surface area contributed by atoms with Gasteiger partial charge in [-0.05, 0) is 53.6 Å². The lowest BCUT2D eigenvalue weighted by molar-refractivity contribution is -0.00844. The Hall–Kier alpha value is -0.770. The number of carbonyl (C=O) groups excluding carboxylic acids is 1. The quantitative estimate of drug-likeness (QED) is 0.790. The van der Waals surface area contributed by atoms with Crippen LogP contribution in [0.25, 0.3) is 0 Å². The number of likely N-dealkylation sites (tertiary alicyclic amines) is 1. The van der Waals surface area contributed by atoms with Crippen LogP contribution in [0, 0.1) is 0 Å². The number of ether oxygens (including phenoxy) is 1. The molecule has 1 heterocycles. The molecule has 1 amide bonds.